The first kappa shape index (κ1) is 13.4. The fraction of sp³-hybridized carbons (Fsp3) is 0.357. The molecule has 0 bridgehead atoms. The van der Waals surface area contributed by atoms with Crippen LogP contribution >= 0.6 is 0 Å². The lowest BCUT2D eigenvalue weighted by Gasteiger charge is -2.29. The number of hydrogen-bond donors (Lipinski definition) is 2. The summed E-state index contributed by atoms with van der Waals surface area (Å²) in [5.41, 5.74) is 13.9. The molecule has 5 heteroatoms. The highest BCUT2D eigenvalue weighted by Crippen LogP contribution is 2.26. The highest BCUT2D eigenvalue weighted by atomic mass is 14.9. The second kappa shape index (κ2) is 4.93. The van der Waals surface area contributed by atoms with E-state index in [1.54, 1.807) is 12.4 Å². The third-order valence-electron chi connectivity index (χ3n) is 3.52. The van der Waals surface area contributed by atoms with E-state index in [1.165, 1.54) is 6.20 Å². The van der Waals surface area contributed by atoms with Crippen LogP contribution < -0.4 is 11.5 Å². The Kier molecular flexibility index (Phi) is 3.48. The number of aromatic nitrogens is 3. The van der Waals surface area contributed by atoms with Crippen molar-refractivity contribution in [1.29, 1.82) is 0 Å². The lowest BCUT2D eigenvalue weighted by molar-refractivity contribution is 0.350. The quantitative estimate of drug-likeness (QED) is 0.877. The molecule has 0 aliphatic heterocycles. The Morgan fingerprint density at radius 3 is 2.16 bits per heavy atom. The second-order valence-corrected chi connectivity index (χ2v) is 5.20. The monoisotopic (exact) mass is 257 g/mol. The fourth-order valence-electron chi connectivity index (χ4n) is 1.67. The molecular weight excluding hydrogens is 238 g/mol. The van der Waals surface area contributed by atoms with Gasteiger partial charge in [-0.3, -0.25) is 4.98 Å². The summed E-state index contributed by atoms with van der Waals surface area (Å²) in [5, 5.41) is 0. The third kappa shape index (κ3) is 2.71. The molecule has 1 atom stereocenters. The number of pyridine rings is 1. The van der Waals surface area contributed by atoms with Crippen LogP contribution in [0.2, 0.25) is 0 Å². The Bertz CT molecular complexity index is 543. The van der Waals surface area contributed by atoms with Crippen molar-refractivity contribution in [1.82, 2.24) is 15.0 Å². The molecular formula is C14H19N5. The van der Waals surface area contributed by atoms with Crippen LogP contribution in [0.25, 0.3) is 11.4 Å². The van der Waals surface area contributed by atoms with Gasteiger partial charge in [-0.05, 0) is 24.5 Å². The van der Waals surface area contributed by atoms with E-state index in [0.29, 0.717) is 17.4 Å². The number of rotatable bonds is 3. The van der Waals surface area contributed by atoms with Gasteiger partial charge in [-0.1, -0.05) is 19.9 Å². The molecule has 2 heterocycles. The van der Waals surface area contributed by atoms with Crippen LogP contribution in [0.5, 0.6) is 0 Å². The van der Waals surface area contributed by atoms with Gasteiger partial charge in [-0.15, -0.1) is 0 Å². The van der Waals surface area contributed by atoms with Crippen LogP contribution in [0.3, 0.4) is 0 Å². The number of hydrogen-bond acceptors (Lipinski definition) is 5. The molecule has 0 aromatic carbocycles. The number of nitrogen functional groups attached to an aromatic ring is 1. The highest BCUT2D eigenvalue weighted by Gasteiger charge is 2.25. The molecule has 19 heavy (non-hydrogen) atoms. The molecule has 4 N–H and O–H groups in total. The van der Waals surface area contributed by atoms with E-state index < -0.39 is 5.54 Å². The molecule has 2 aromatic heterocycles. The number of nitrogens with two attached hydrogens (primary N) is 2. The zero-order valence-corrected chi connectivity index (χ0v) is 11.5. The van der Waals surface area contributed by atoms with Crippen LogP contribution in [0.1, 0.15) is 26.3 Å². The van der Waals surface area contributed by atoms with Gasteiger partial charge in [0.2, 0.25) is 0 Å². The molecule has 0 aliphatic carbocycles. The summed E-state index contributed by atoms with van der Waals surface area (Å²) in [4.78, 5) is 12.6. The van der Waals surface area contributed by atoms with Crippen molar-refractivity contribution in [3.05, 3.63) is 36.3 Å². The molecule has 2 rings (SSSR count). The molecule has 0 radical (unpaired) electrons. The lowest BCUT2D eigenvalue weighted by Crippen LogP contribution is -2.38. The summed E-state index contributed by atoms with van der Waals surface area (Å²) < 4.78 is 0. The zero-order valence-electron chi connectivity index (χ0n) is 11.5. The van der Waals surface area contributed by atoms with Gasteiger partial charge in [0.15, 0.2) is 0 Å². The molecule has 100 valence electrons. The highest BCUT2D eigenvalue weighted by molar-refractivity contribution is 5.53. The van der Waals surface area contributed by atoms with Gasteiger partial charge in [0, 0.05) is 11.7 Å². The van der Waals surface area contributed by atoms with Gasteiger partial charge in [0.25, 0.3) is 0 Å². The predicted octanol–water partition coefficient (Wildman–Crippen LogP) is 1.95. The first-order valence-electron chi connectivity index (χ1n) is 6.24. The Morgan fingerprint density at radius 2 is 1.68 bits per heavy atom. The standard InChI is InChI=1S/C14H19N5/c1-9(2)14(3,16)10-4-5-11(17-6-10)12-7-19-13(15)8-18-12/h4-9H,16H2,1-3H3,(H2,15,19)/t14-/m1/s1. The van der Waals surface area contributed by atoms with E-state index in [0.717, 1.165) is 11.3 Å². The summed E-state index contributed by atoms with van der Waals surface area (Å²) in [7, 11) is 0. The van der Waals surface area contributed by atoms with E-state index in [2.05, 4.69) is 28.8 Å². The second-order valence-electron chi connectivity index (χ2n) is 5.20. The van der Waals surface area contributed by atoms with Gasteiger partial charge in [-0.2, -0.15) is 0 Å². The van der Waals surface area contributed by atoms with Crippen molar-refractivity contribution in [2.45, 2.75) is 26.3 Å². The van der Waals surface area contributed by atoms with Crippen LogP contribution in [-0.4, -0.2) is 15.0 Å². The topological polar surface area (TPSA) is 90.7 Å². The summed E-state index contributed by atoms with van der Waals surface area (Å²) in [6.45, 7) is 6.20. The lowest BCUT2D eigenvalue weighted by atomic mass is 9.83. The van der Waals surface area contributed by atoms with Crippen LogP contribution in [0.4, 0.5) is 5.82 Å². The van der Waals surface area contributed by atoms with E-state index in [4.69, 9.17) is 11.5 Å². The van der Waals surface area contributed by atoms with Crippen molar-refractivity contribution in [2.75, 3.05) is 5.73 Å². The van der Waals surface area contributed by atoms with Crippen molar-refractivity contribution in [3.8, 4) is 11.4 Å². The summed E-state index contributed by atoms with van der Waals surface area (Å²) in [5.74, 6) is 0.728. The van der Waals surface area contributed by atoms with Crippen LogP contribution in [-0.2, 0) is 5.54 Å². The molecule has 5 nitrogen and oxygen atoms in total. The van der Waals surface area contributed by atoms with Crippen molar-refractivity contribution in [2.24, 2.45) is 11.7 Å². The van der Waals surface area contributed by atoms with E-state index >= 15 is 0 Å². The van der Waals surface area contributed by atoms with E-state index in [9.17, 15) is 0 Å². The maximum atomic E-state index is 6.30. The average Bonchev–Trinajstić information content (AvgIpc) is 2.39. The molecule has 0 unspecified atom stereocenters. The van der Waals surface area contributed by atoms with Gasteiger partial charge in [0.05, 0.1) is 18.1 Å². The molecule has 0 spiro atoms. The molecule has 0 fully saturated rings. The molecule has 2 aromatic rings. The van der Waals surface area contributed by atoms with Crippen molar-refractivity contribution >= 4 is 5.82 Å². The largest absolute Gasteiger partial charge is 0.382 e. The minimum atomic E-state index is -0.391. The summed E-state index contributed by atoms with van der Waals surface area (Å²) >= 11 is 0. The van der Waals surface area contributed by atoms with Gasteiger partial charge >= 0.3 is 0 Å². The first-order valence-corrected chi connectivity index (χ1v) is 6.24. The summed E-state index contributed by atoms with van der Waals surface area (Å²) in [6.07, 6.45) is 4.93. The minimum Gasteiger partial charge on any atom is -0.382 e. The third-order valence-corrected chi connectivity index (χ3v) is 3.52. The zero-order chi connectivity index (χ0) is 14.0. The molecule has 0 saturated carbocycles. The normalized spacial score (nSPS) is 14.4. The predicted molar refractivity (Wildman–Crippen MR) is 76.1 cm³/mol. The van der Waals surface area contributed by atoms with Crippen LogP contribution in [0.15, 0.2) is 30.7 Å². The van der Waals surface area contributed by atoms with Crippen LogP contribution in [0, 0.1) is 5.92 Å². The summed E-state index contributed by atoms with van der Waals surface area (Å²) in [6, 6.07) is 3.89. The minimum absolute atomic E-state index is 0.330. The Balaban J connectivity index is 2.31. The number of anilines is 1. The SMILES string of the molecule is CC(C)[C@@](C)(N)c1ccc(-c2cnc(N)cn2)nc1. The van der Waals surface area contributed by atoms with Crippen molar-refractivity contribution < 1.29 is 0 Å². The smallest absolute Gasteiger partial charge is 0.141 e. The maximum absolute atomic E-state index is 6.30. The Morgan fingerprint density at radius 1 is 1.00 bits per heavy atom. The Hall–Kier alpha value is -2.01. The van der Waals surface area contributed by atoms with E-state index in [1.807, 2.05) is 19.1 Å². The maximum Gasteiger partial charge on any atom is 0.141 e. The molecule has 0 saturated heterocycles. The number of nitrogens with zero attached hydrogens (tertiary/aromatic N) is 3. The molecule has 0 amide bonds. The van der Waals surface area contributed by atoms with Gasteiger partial charge in [0.1, 0.15) is 11.5 Å². The fourth-order valence-corrected chi connectivity index (χ4v) is 1.67. The van der Waals surface area contributed by atoms with Crippen molar-refractivity contribution in [3.63, 3.8) is 0 Å². The van der Waals surface area contributed by atoms with Gasteiger partial charge < -0.3 is 11.5 Å². The Labute approximate surface area is 113 Å². The average molecular weight is 257 g/mol. The first-order chi connectivity index (χ1) is 8.91. The van der Waals surface area contributed by atoms with E-state index in [-0.39, 0.29) is 0 Å². The molecule has 0 aliphatic rings. The van der Waals surface area contributed by atoms with Gasteiger partial charge in [-0.25, -0.2) is 9.97 Å².